The summed E-state index contributed by atoms with van der Waals surface area (Å²) in [6.45, 7) is 6.43. The third-order valence-electron chi connectivity index (χ3n) is 2.67. The molecule has 0 aliphatic carbocycles. The van der Waals surface area contributed by atoms with Gasteiger partial charge in [-0.1, -0.05) is 19.1 Å². The molecule has 7 nitrogen and oxygen atoms in total. The molecule has 0 unspecified atom stereocenters. The van der Waals surface area contributed by atoms with Gasteiger partial charge in [0.15, 0.2) is 5.65 Å². The lowest BCUT2D eigenvalue weighted by atomic mass is 10.2. The molecule has 0 aliphatic heterocycles. The SMILES string of the molecule is CC(C)CNCCn1nnc2c(cnn2C)c1=O. The molecule has 0 saturated heterocycles. The highest BCUT2D eigenvalue weighted by Gasteiger charge is 2.08. The summed E-state index contributed by atoms with van der Waals surface area (Å²) in [4.78, 5) is 12.0. The normalized spacial score (nSPS) is 11.6. The third-order valence-corrected chi connectivity index (χ3v) is 2.67. The summed E-state index contributed by atoms with van der Waals surface area (Å²) < 4.78 is 2.92. The highest BCUT2D eigenvalue weighted by Crippen LogP contribution is 2.01. The van der Waals surface area contributed by atoms with Crippen LogP contribution in [0.1, 0.15) is 13.8 Å². The van der Waals surface area contributed by atoms with Crippen molar-refractivity contribution in [2.75, 3.05) is 13.1 Å². The first-order valence-electron chi connectivity index (χ1n) is 6.06. The second-order valence-electron chi connectivity index (χ2n) is 4.72. The van der Waals surface area contributed by atoms with Gasteiger partial charge in [0.05, 0.1) is 12.7 Å². The Morgan fingerprint density at radius 2 is 2.22 bits per heavy atom. The Morgan fingerprint density at radius 1 is 1.44 bits per heavy atom. The van der Waals surface area contributed by atoms with Gasteiger partial charge in [0.1, 0.15) is 5.39 Å². The Balaban J connectivity index is 2.10. The molecule has 7 heteroatoms. The van der Waals surface area contributed by atoms with Crippen molar-refractivity contribution in [3.63, 3.8) is 0 Å². The van der Waals surface area contributed by atoms with Gasteiger partial charge in [-0.05, 0) is 12.5 Å². The molecular formula is C11H18N6O. The van der Waals surface area contributed by atoms with Crippen molar-refractivity contribution >= 4 is 11.0 Å². The summed E-state index contributed by atoms with van der Waals surface area (Å²) in [5.41, 5.74) is 0.380. The van der Waals surface area contributed by atoms with Gasteiger partial charge in [-0.15, -0.1) is 5.10 Å². The fourth-order valence-corrected chi connectivity index (χ4v) is 1.70. The van der Waals surface area contributed by atoms with Crippen LogP contribution in [-0.2, 0) is 13.6 Å². The van der Waals surface area contributed by atoms with Crippen molar-refractivity contribution in [2.24, 2.45) is 13.0 Å². The molecule has 0 spiro atoms. The first-order chi connectivity index (χ1) is 8.59. The number of fused-ring (bicyclic) bond motifs is 1. The number of nitrogens with one attached hydrogen (secondary N) is 1. The van der Waals surface area contributed by atoms with Crippen molar-refractivity contribution in [2.45, 2.75) is 20.4 Å². The second-order valence-corrected chi connectivity index (χ2v) is 4.72. The molecule has 2 aromatic rings. The lowest BCUT2D eigenvalue weighted by molar-refractivity contribution is 0.483. The fourth-order valence-electron chi connectivity index (χ4n) is 1.70. The average Bonchev–Trinajstić information content (AvgIpc) is 2.70. The van der Waals surface area contributed by atoms with E-state index >= 15 is 0 Å². The van der Waals surface area contributed by atoms with Crippen molar-refractivity contribution < 1.29 is 0 Å². The lowest BCUT2D eigenvalue weighted by Crippen LogP contribution is -2.31. The van der Waals surface area contributed by atoms with Gasteiger partial charge in [0, 0.05) is 13.6 Å². The Bertz CT molecular complexity index is 585. The first-order valence-corrected chi connectivity index (χ1v) is 6.06. The zero-order valence-electron chi connectivity index (χ0n) is 10.9. The number of hydrogen-bond acceptors (Lipinski definition) is 5. The Hall–Kier alpha value is -1.76. The number of rotatable bonds is 5. The summed E-state index contributed by atoms with van der Waals surface area (Å²) in [5, 5.41) is 15.7. The maximum absolute atomic E-state index is 12.0. The van der Waals surface area contributed by atoms with E-state index in [1.165, 1.54) is 10.9 Å². The van der Waals surface area contributed by atoms with E-state index in [2.05, 4.69) is 34.6 Å². The largest absolute Gasteiger partial charge is 0.315 e. The van der Waals surface area contributed by atoms with Crippen LogP contribution >= 0.6 is 0 Å². The Morgan fingerprint density at radius 3 is 2.94 bits per heavy atom. The van der Waals surface area contributed by atoms with E-state index in [-0.39, 0.29) is 5.56 Å². The zero-order chi connectivity index (χ0) is 13.1. The van der Waals surface area contributed by atoms with E-state index in [4.69, 9.17) is 0 Å². The van der Waals surface area contributed by atoms with Gasteiger partial charge in [-0.3, -0.25) is 4.79 Å². The standard InChI is InChI=1S/C11H18N6O/c1-8(2)6-12-4-5-17-11(18)9-7-13-16(3)10(9)14-15-17/h7-8,12H,4-6H2,1-3H3. The van der Waals surface area contributed by atoms with Crippen LogP contribution in [0.15, 0.2) is 11.0 Å². The van der Waals surface area contributed by atoms with Crippen molar-refractivity contribution in [1.82, 2.24) is 30.1 Å². The second kappa shape index (κ2) is 5.26. The van der Waals surface area contributed by atoms with Gasteiger partial charge in [0.2, 0.25) is 0 Å². The highest BCUT2D eigenvalue weighted by atomic mass is 16.1. The molecule has 2 rings (SSSR count). The van der Waals surface area contributed by atoms with E-state index in [1.807, 2.05) is 0 Å². The van der Waals surface area contributed by atoms with Crippen LogP contribution in [0, 0.1) is 5.92 Å². The summed E-state index contributed by atoms with van der Waals surface area (Å²) in [5.74, 6) is 0.591. The minimum absolute atomic E-state index is 0.139. The number of aromatic nitrogens is 5. The maximum Gasteiger partial charge on any atom is 0.280 e. The first kappa shape index (κ1) is 12.7. The molecule has 0 saturated carbocycles. The molecule has 2 aromatic heterocycles. The van der Waals surface area contributed by atoms with E-state index in [0.29, 0.717) is 30.0 Å². The lowest BCUT2D eigenvalue weighted by Gasteiger charge is -2.07. The van der Waals surface area contributed by atoms with E-state index in [0.717, 1.165) is 6.54 Å². The average molecular weight is 250 g/mol. The summed E-state index contributed by atoms with van der Waals surface area (Å²) in [6, 6.07) is 0. The van der Waals surface area contributed by atoms with E-state index in [1.54, 1.807) is 11.7 Å². The molecule has 98 valence electrons. The molecule has 0 bridgehead atoms. The molecule has 0 aliphatic rings. The monoisotopic (exact) mass is 250 g/mol. The smallest absolute Gasteiger partial charge is 0.280 e. The van der Waals surface area contributed by atoms with Crippen LogP contribution in [-0.4, -0.2) is 37.9 Å². The molecule has 1 N–H and O–H groups in total. The van der Waals surface area contributed by atoms with Crippen molar-refractivity contribution in [3.8, 4) is 0 Å². The van der Waals surface area contributed by atoms with Crippen LogP contribution in [0.25, 0.3) is 11.0 Å². The predicted octanol–water partition coefficient (Wildman–Crippen LogP) is -0.229. The van der Waals surface area contributed by atoms with Crippen molar-refractivity contribution in [3.05, 3.63) is 16.6 Å². The van der Waals surface area contributed by atoms with Gasteiger partial charge in [-0.25, -0.2) is 9.36 Å². The predicted molar refractivity (Wildman–Crippen MR) is 68.3 cm³/mol. The van der Waals surface area contributed by atoms with Gasteiger partial charge in [-0.2, -0.15) is 5.10 Å². The topological polar surface area (TPSA) is 77.6 Å². The third kappa shape index (κ3) is 2.56. The summed E-state index contributed by atoms with van der Waals surface area (Å²) in [6.07, 6.45) is 1.53. The van der Waals surface area contributed by atoms with Crippen LogP contribution in [0.3, 0.4) is 0 Å². The fraction of sp³-hybridized carbons (Fsp3) is 0.636. The van der Waals surface area contributed by atoms with Crippen LogP contribution in [0.5, 0.6) is 0 Å². The van der Waals surface area contributed by atoms with E-state index < -0.39 is 0 Å². The van der Waals surface area contributed by atoms with Gasteiger partial charge in [0.25, 0.3) is 5.56 Å². The zero-order valence-corrected chi connectivity index (χ0v) is 10.9. The molecule has 0 aromatic carbocycles. The molecule has 0 amide bonds. The van der Waals surface area contributed by atoms with E-state index in [9.17, 15) is 4.79 Å². The number of nitrogens with zero attached hydrogens (tertiary/aromatic N) is 5. The maximum atomic E-state index is 12.0. The molecule has 0 radical (unpaired) electrons. The van der Waals surface area contributed by atoms with Crippen LogP contribution < -0.4 is 10.9 Å². The van der Waals surface area contributed by atoms with Crippen LogP contribution in [0.2, 0.25) is 0 Å². The summed E-state index contributed by atoms with van der Waals surface area (Å²) in [7, 11) is 1.74. The Kier molecular flexibility index (Phi) is 3.71. The van der Waals surface area contributed by atoms with Crippen LogP contribution in [0.4, 0.5) is 0 Å². The molecular weight excluding hydrogens is 232 g/mol. The number of hydrogen-bond donors (Lipinski definition) is 1. The molecule has 0 fully saturated rings. The highest BCUT2D eigenvalue weighted by molar-refractivity contribution is 5.72. The van der Waals surface area contributed by atoms with Crippen molar-refractivity contribution in [1.29, 1.82) is 0 Å². The summed E-state index contributed by atoms with van der Waals surface area (Å²) >= 11 is 0. The quantitative estimate of drug-likeness (QED) is 0.742. The number of aryl methyl sites for hydroxylation is 1. The molecule has 0 atom stereocenters. The molecule has 2 heterocycles. The van der Waals surface area contributed by atoms with Gasteiger partial charge < -0.3 is 5.32 Å². The minimum atomic E-state index is -0.139. The molecule has 18 heavy (non-hydrogen) atoms. The Labute approximate surface area is 105 Å². The van der Waals surface area contributed by atoms with Gasteiger partial charge >= 0.3 is 0 Å². The minimum Gasteiger partial charge on any atom is -0.315 e.